The smallest absolute Gasteiger partial charge is 0.0527 e. The molecule has 6 heteroatoms. The standard InChI is InChI=1S/C16H8O2S4/c17-11-5-9-7-1-3-19-13(7)16-10(6-12(18)22-16)8-2-4-20-14(8)15(9)21-11/h1-6,17-18H/p-2/b9-7-,10-8-,15-14-,16-13-. The fourth-order valence-electron chi connectivity index (χ4n) is 2.87. The quantitative estimate of drug-likeness (QED) is 0.425. The molecule has 0 N–H and O–H groups in total. The molecule has 22 heavy (non-hydrogen) atoms. The number of fused-ring (bicyclic) bond motifs is 4. The average Bonchev–Trinajstić information content (AvgIpc) is 3.20. The molecule has 0 fully saturated rings. The van der Waals surface area contributed by atoms with Gasteiger partial charge < -0.3 is 10.2 Å². The van der Waals surface area contributed by atoms with E-state index in [1.165, 1.54) is 22.7 Å². The highest BCUT2D eigenvalue weighted by atomic mass is 32.1. The van der Waals surface area contributed by atoms with Crippen LogP contribution < -0.4 is 10.2 Å². The minimum Gasteiger partial charge on any atom is -0.865 e. The van der Waals surface area contributed by atoms with E-state index in [1.54, 1.807) is 34.8 Å². The highest BCUT2D eigenvalue weighted by molar-refractivity contribution is 7.14. The minimum atomic E-state index is 0.0799. The molecule has 0 aliphatic heterocycles. The molecule has 1 aliphatic carbocycles. The van der Waals surface area contributed by atoms with E-state index in [2.05, 4.69) is 12.1 Å². The van der Waals surface area contributed by atoms with Gasteiger partial charge in [0.1, 0.15) is 0 Å². The van der Waals surface area contributed by atoms with E-state index in [4.69, 9.17) is 0 Å². The van der Waals surface area contributed by atoms with Crippen molar-refractivity contribution in [1.82, 2.24) is 0 Å². The maximum atomic E-state index is 12.0. The first-order valence-electron chi connectivity index (χ1n) is 6.50. The summed E-state index contributed by atoms with van der Waals surface area (Å²) in [6.45, 7) is 0. The second-order valence-corrected chi connectivity index (χ2v) is 8.80. The predicted octanol–water partition coefficient (Wildman–Crippen LogP) is 3.54. The number of hydrogen-bond acceptors (Lipinski definition) is 6. The third kappa shape index (κ3) is 1.63. The van der Waals surface area contributed by atoms with Crippen LogP contribution in [0.15, 0.2) is 35.0 Å². The second-order valence-electron chi connectivity index (χ2n) is 4.94. The Morgan fingerprint density at radius 3 is 1.50 bits per heavy atom. The van der Waals surface area contributed by atoms with Crippen molar-refractivity contribution in [3.8, 4) is 10.1 Å². The highest BCUT2D eigenvalue weighted by Crippen LogP contribution is 2.28. The zero-order chi connectivity index (χ0) is 14.8. The SMILES string of the molecule is [O-]c1cc2/c(s1)=c1/scc/c1=c1\cc([O-])s\c1=c1/scc/c1=2. The molecule has 1 aliphatic rings. The fourth-order valence-corrected chi connectivity index (χ4v) is 6.85. The Balaban J connectivity index is 2.47. The van der Waals surface area contributed by atoms with Gasteiger partial charge >= 0.3 is 0 Å². The molecule has 0 aromatic carbocycles. The maximum absolute atomic E-state index is 12.0. The summed E-state index contributed by atoms with van der Waals surface area (Å²) in [5.41, 5.74) is 0. The van der Waals surface area contributed by atoms with Crippen LogP contribution >= 0.6 is 45.3 Å². The van der Waals surface area contributed by atoms with Gasteiger partial charge in [0.15, 0.2) is 0 Å². The zero-order valence-electron chi connectivity index (χ0n) is 10.9. The Labute approximate surface area is 139 Å². The van der Waals surface area contributed by atoms with Crippen LogP contribution in [0.25, 0.3) is 0 Å². The van der Waals surface area contributed by atoms with E-state index in [1.807, 2.05) is 10.8 Å². The summed E-state index contributed by atoms with van der Waals surface area (Å²) in [5, 5.41) is 32.3. The van der Waals surface area contributed by atoms with Crippen LogP contribution in [0.1, 0.15) is 0 Å². The van der Waals surface area contributed by atoms with Gasteiger partial charge in [0.25, 0.3) is 0 Å². The Kier molecular flexibility index (Phi) is 2.61. The first kappa shape index (κ1) is 12.9. The Bertz CT molecular complexity index is 1190. The van der Waals surface area contributed by atoms with Crippen LogP contribution in [0.4, 0.5) is 0 Å². The van der Waals surface area contributed by atoms with Gasteiger partial charge in [-0.15, -0.1) is 22.7 Å². The van der Waals surface area contributed by atoms with E-state index in [-0.39, 0.29) is 10.1 Å². The summed E-state index contributed by atoms with van der Waals surface area (Å²) in [6.07, 6.45) is 0. The van der Waals surface area contributed by atoms with E-state index >= 15 is 0 Å². The molecule has 0 bridgehead atoms. The van der Waals surface area contributed by atoms with Crippen LogP contribution in [0.3, 0.4) is 0 Å². The normalized spacial score (nSPS) is 18.5. The van der Waals surface area contributed by atoms with Crippen molar-refractivity contribution < 1.29 is 10.2 Å². The summed E-state index contributed by atoms with van der Waals surface area (Å²) in [4.78, 5) is 0. The third-order valence-corrected chi connectivity index (χ3v) is 7.76. The van der Waals surface area contributed by atoms with Crippen LogP contribution in [-0.2, 0) is 0 Å². The topological polar surface area (TPSA) is 46.1 Å². The summed E-state index contributed by atoms with van der Waals surface area (Å²) in [5.74, 6) is 0. The molecule has 0 unspecified atom stereocenters. The van der Waals surface area contributed by atoms with E-state index in [0.29, 0.717) is 0 Å². The first-order chi connectivity index (χ1) is 10.7. The predicted molar refractivity (Wildman–Crippen MR) is 86.9 cm³/mol. The molecular weight excluding hydrogens is 352 g/mol. The van der Waals surface area contributed by atoms with Crippen LogP contribution in [-0.4, -0.2) is 0 Å². The third-order valence-electron chi connectivity index (χ3n) is 3.74. The highest BCUT2D eigenvalue weighted by Gasteiger charge is 2.04. The molecule has 0 saturated carbocycles. The molecule has 4 aromatic heterocycles. The van der Waals surface area contributed by atoms with E-state index < -0.39 is 0 Å². The summed E-state index contributed by atoms with van der Waals surface area (Å²) in [7, 11) is 0. The molecule has 0 atom stereocenters. The molecule has 4 heterocycles. The van der Waals surface area contributed by atoms with Crippen LogP contribution in [0.2, 0.25) is 0 Å². The fraction of sp³-hybridized carbons (Fsp3) is 0. The first-order valence-corrected chi connectivity index (χ1v) is 9.90. The van der Waals surface area contributed by atoms with Crippen LogP contribution in [0.5, 0.6) is 10.1 Å². The van der Waals surface area contributed by atoms with Gasteiger partial charge in [-0.05, 0) is 22.9 Å². The number of rotatable bonds is 0. The molecule has 4 aromatic rings. The lowest BCUT2D eigenvalue weighted by Crippen LogP contribution is -1.81. The van der Waals surface area contributed by atoms with Gasteiger partial charge in [-0.25, -0.2) is 0 Å². The van der Waals surface area contributed by atoms with Crippen molar-refractivity contribution in [2.24, 2.45) is 0 Å². The minimum absolute atomic E-state index is 0.0799. The second kappa shape index (κ2) is 4.45. The summed E-state index contributed by atoms with van der Waals surface area (Å²) in [6, 6.07) is 7.56. The number of thiophene rings is 4. The molecule has 0 amide bonds. The molecular formula is C16H6O2S4-2. The monoisotopic (exact) mass is 358 g/mol. The Morgan fingerprint density at radius 1 is 0.591 bits per heavy atom. The van der Waals surface area contributed by atoms with E-state index in [9.17, 15) is 10.2 Å². The van der Waals surface area contributed by atoms with Crippen molar-refractivity contribution in [2.75, 3.05) is 0 Å². The van der Waals surface area contributed by atoms with Crippen molar-refractivity contribution in [2.45, 2.75) is 0 Å². The molecule has 5 rings (SSSR count). The molecule has 108 valence electrons. The lowest BCUT2D eigenvalue weighted by Gasteiger charge is -1.91. The molecule has 2 nitrogen and oxygen atoms in total. The summed E-state index contributed by atoms with van der Waals surface area (Å²) < 4.78 is 4.24. The van der Waals surface area contributed by atoms with Gasteiger partial charge in [-0.1, -0.05) is 22.3 Å². The van der Waals surface area contributed by atoms with Gasteiger partial charge in [0, 0.05) is 20.9 Å². The van der Waals surface area contributed by atoms with Gasteiger partial charge in [0.2, 0.25) is 0 Å². The number of hydrogen-bond donors (Lipinski definition) is 0. The van der Waals surface area contributed by atoms with Crippen molar-refractivity contribution >= 4 is 45.3 Å². The van der Waals surface area contributed by atoms with Crippen molar-refractivity contribution in [3.63, 3.8) is 0 Å². The largest absolute Gasteiger partial charge is 0.865 e. The molecule has 0 spiro atoms. The molecule has 0 radical (unpaired) electrons. The summed E-state index contributed by atoms with van der Waals surface area (Å²) >= 11 is 5.85. The lowest BCUT2D eigenvalue weighted by molar-refractivity contribution is -0.262. The average molecular weight is 358 g/mol. The van der Waals surface area contributed by atoms with Gasteiger partial charge in [-0.3, -0.25) is 0 Å². The lowest BCUT2D eigenvalue weighted by atomic mass is 10.2. The Hall–Kier alpha value is -1.60. The maximum Gasteiger partial charge on any atom is 0.0527 e. The van der Waals surface area contributed by atoms with Gasteiger partial charge in [0.05, 0.1) is 18.1 Å². The van der Waals surface area contributed by atoms with E-state index in [0.717, 1.165) is 39.0 Å². The molecule has 0 saturated heterocycles. The van der Waals surface area contributed by atoms with Crippen LogP contribution in [0, 0.1) is 39.0 Å². The zero-order valence-corrected chi connectivity index (χ0v) is 14.2. The van der Waals surface area contributed by atoms with Gasteiger partial charge in [-0.2, -0.15) is 22.7 Å². The van der Waals surface area contributed by atoms with Crippen molar-refractivity contribution in [3.05, 3.63) is 74.0 Å². The Morgan fingerprint density at radius 2 is 1.05 bits per heavy atom. The van der Waals surface area contributed by atoms with Crippen molar-refractivity contribution in [1.29, 1.82) is 0 Å².